The molecule has 0 spiro atoms. The van der Waals surface area contributed by atoms with Gasteiger partial charge in [0.15, 0.2) is 0 Å². The third-order valence-electron chi connectivity index (χ3n) is 3.37. The lowest BCUT2D eigenvalue weighted by Gasteiger charge is -2.29. The fourth-order valence-corrected chi connectivity index (χ4v) is 2.38. The Bertz CT molecular complexity index is 227. The van der Waals surface area contributed by atoms with Crippen molar-refractivity contribution in [2.24, 2.45) is 5.73 Å². The lowest BCUT2D eigenvalue weighted by Crippen LogP contribution is -2.43. The van der Waals surface area contributed by atoms with Gasteiger partial charge in [0.05, 0.1) is 0 Å². The van der Waals surface area contributed by atoms with Crippen molar-refractivity contribution in [1.82, 2.24) is 4.90 Å². The minimum Gasteiger partial charge on any atom is -0.444 e. The summed E-state index contributed by atoms with van der Waals surface area (Å²) >= 11 is 0. The zero-order valence-corrected chi connectivity index (χ0v) is 9.15. The number of hydrogen-bond donors (Lipinski definition) is 1. The largest absolute Gasteiger partial charge is 0.444 e. The Morgan fingerprint density at radius 1 is 1.13 bits per heavy atom. The van der Waals surface area contributed by atoms with Crippen LogP contribution in [0.25, 0.3) is 0 Å². The molecule has 15 heavy (non-hydrogen) atoms. The molecule has 2 N–H and O–H groups in total. The van der Waals surface area contributed by atoms with Gasteiger partial charge in [0.2, 0.25) is 0 Å². The summed E-state index contributed by atoms with van der Waals surface area (Å²) in [5, 5.41) is 0. The molecular weight excluding hydrogens is 192 g/mol. The van der Waals surface area contributed by atoms with Gasteiger partial charge in [-0.25, -0.2) is 4.79 Å². The van der Waals surface area contributed by atoms with Crippen molar-refractivity contribution in [3.05, 3.63) is 0 Å². The molecule has 1 amide bonds. The van der Waals surface area contributed by atoms with Crippen LogP contribution in [-0.2, 0) is 4.74 Å². The Kier molecular flexibility index (Phi) is 3.46. The highest BCUT2D eigenvalue weighted by molar-refractivity contribution is 5.68. The van der Waals surface area contributed by atoms with Gasteiger partial charge in [-0.05, 0) is 32.1 Å². The maximum Gasteiger partial charge on any atom is 0.410 e. The number of carbonyl (C=O) groups excluding carboxylic acids is 1. The maximum atomic E-state index is 11.7. The van der Waals surface area contributed by atoms with Crippen molar-refractivity contribution in [3.63, 3.8) is 0 Å². The minimum absolute atomic E-state index is 0.0466. The molecule has 4 heteroatoms. The Hall–Kier alpha value is -0.770. The van der Waals surface area contributed by atoms with Crippen molar-refractivity contribution >= 4 is 6.09 Å². The highest BCUT2D eigenvalue weighted by atomic mass is 16.6. The molecule has 1 aliphatic heterocycles. The molecule has 0 bridgehead atoms. The predicted octanol–water partition coefficient (Wildman–Crippen LogP) is 1.49. The van der Waals surface area contributed by atoms with Gasteiger partial charge in [0, 0.05) is 19.1 Å². The van der Waals surface area contributed by atoms with E-state index < -0.39 is 0 Å². The Morgan fingerprint density at radius 2 is 1.80 bits per heavy atom. The SMILES string of the molecule is NC1CCCCC1OC(=O)N1CCCC1. The van der Waals surface area contributed by atoms with Gasteiger partial charge < -0.3 is 15.4 Å². The molecule has 2 unspecified atom stereocenters. The standard InChI is InChI=1S/C11H20N2O2/c12-9-5-1-2-6-10(9)15-11(14)13-7-3-4-8-13/h9-10H,1-8,12H2. The van der Waals surface area contributed by atoms with E-state index in [0.717, 1.165) is 45.2 Å². The average Bonchev–Trinajstić information content (AvgIpc) is 2.74. The zero-order chi connectivity index (χ0) is 10.7. The second-order valence-corrected chi connectivity index (χ2v) is 4.56. The van der Waals surface area contributed by atoms with Crippen LogP contribution in [0.5, 0.6) is 0 Å². The summed E-state index contributed by atoms with van der Waals surface area (Å²) in [5.41, 5.74) is 5.93. The molecule has 2 fully saturated rings. The monoisotopic (exact) mass is 212 g/mol. The van der Waals surface area contributed by atoms with Gasteiger partial charge >= 0.3 is 6.09 Å². The molecular formula is C11H20N2O2. The van der Waals surface area contributed by atoms with Crippen molar-refractivity contribution in [2.45, 2.75) is 50.7 Å². The van der Waals surface area contributed by atoms with Gasteiger partial charge in [-0.15, -0.1) is 0 Å². The molecule has 1 aliphatic carbocycles. The molecule has 0 radical (unpaired) electrons. The fourth-order valence-electron chi connectivity index (χ4n) is 2.38. The van der Waals surface area contributed by atoms with Crippen LogP contribution < -0.4 is 5.73 Å². The van der Waals surface area contributed by atoms with Gasteiger partial charge in [0.1, 0.15) is 6.10 Å². The molecule has 0 aromatic rings. The van der Waals surface area contributed by atoms with E-state index in [1.165, 1.54) is 6.42 Å². The smallest absolute Gasteiger partial charge is 0.410 e. The van der Waals surface area contributed by atoms with Gasteiger partial charge in [-0.1, -0.05) is 6.42 Å². The lowest BCUT2D eigenvalue weighted by atomic mass is 9.93. The van der Waals surface area contributed by atoms with Crippen molar-refractivity contribution in [2.75, 3.05) is 13.1 Å². The summed E-state index contributed by atoms with van der Waals surface area (Å²) in [7, 11) is 0. The highest BCUT2D eigenvalue weighted by Crippen LogP contribution is 2.21. The van der Waals surface area contributed by atoms with Crippen molar-refractivity contribution in [1.29, 1.82) is 0 Å². The molecule has 1 heterocycles. The predicted molar refractivity (Wildman–Crippen MR) is 57.5 cm³/mol. The summed E-state index contributed by atoms with van der Waals surface area (Å²) in [6, 6.07) is 0.0466. The van der Waals surface area contributed by atoms with Crippen LogP contribution in [0.3, 0.4) is 0 Å². The first kappa shape index (κ1) is 10.7. The molecule has 2 atom stereocenters. The summed E-state index contributed by atoms with van der Waals surface area (Å²) < 4.78 is 5.45. The topological polar surface area (TPSA) is 55.6 Å². The second-order valence-electron chi connectivity index (χ2n) is 4.56. The van der Waals surface area contributed by atoms with Crippen molar-refractivity contribution in [3.8, 4) is 0 Å². The molecule has 1 saturated heterocycles. The molecule has 4 nitrogen and oxygen atoms in total. The first-order chi connectivity index (χ1) is 7.27. The Morgan fingerprint density at radius 3 is 2.47 bits per heavy atom. The van der Waals surface area contributed by atoms with E-state index in [-0.39, 0.29) is 18.2 Å². The second kappa shape index (κ2) is 4.84. The van der Waals surface area contributed by atoms with E-state index in [2.05, 4.69) is 0 Å². The zero-order valence-electron chi connectivity index (χ0n) is 9.15. The number of amides is 1. The van der Waals surface area contributed by atoms with Crippen LogP contribution in [-0.4, -0.2) is 36.2 Å². The number of likely N-dealkylation sites (tertiary alicyclic amines) is 1. The van der Waals surface area contributed by atoms with Gasteiger partial charge in [0.25, 0.3) is 0 Å². The average molecular weight is 212 g/mol. The molecule has 86 valence electrons. The van der Waals surface area contributed by atoms with E-state index in [1.54, 1.807) is 4.90 Å². The quantitative estimate of drug-likeness (QED) is 0.716. The van der Waals surface area contributed by atoms with E-state index in [4.69, 9.17) is 10.5 Å². The summed E-state index contributed by atoms with van der Waals surface area (Å²) in [6.07, 6.45) is 6.21. The van der Waals surface area contributed by atoms with E-state index in [0.29, 0.717) is 0 Å². The number of ether oxygens (including phenoxy) is 1. The summed E-state index contributed by atoms with van der Waals surface area (Å²) in [5.74, 6) is 0. The van der Waals surface area contributed by atoms with Gasteiger partial charge in [-0.3, -0.25) is 0 Å². The number of carbonyl (C=O) groups is 1. The van der Waals surface area contributed by atoms with Crippen molar-refractivity contribution < 1.29 is 9.53 Å². The highest BCUT2D eigenvalue weighted by Gasteiger charge is 2.28. The molecule has 0 aromatic heterocycles. The Balaban J connectivity index is 1.81. The third-order valence-corrected chi connectivity index (χ3v) is 3.37. The Labute approximate surface area is 90.8 Å². The number of hydrogen-bond acceptors (Lipinski definition) is 3. The number of rotatable bonds is 1. The molecule has 2 rings (SSSR count). The minimum atomic E-state index is -0.158. The van der Waals surface area contributed by atoms with Crippen LogP contribution in [0.4, 0.5) is 4.79 Å². The lowest BCUT2D eigenvalue weighted by molar-refractivity contribution is 0.0404. The van der Waals surface area contributed by atoms with Crippen LogP contribution in [0.15, 0.2) is 0 Å². The first-order valence-corrected chi connectivity index (χ1v) is 5.98. The summed E-state index contributed by atoms with van der Waals surface area (Å²) in [6.45, 7) is 1.70. The van der Waals surface area contributed by atoms with Crippen LogP contribution in [0.1, 0.15) is 38.5 Å². The van der Waals surface area contributed by atoms with Crippen LogP contribution in [0.2, 0.25) is 0 Å². The van der Waals surface area contributed by atoms with Gasteiger partial charge in [-0.2, -0.15) is 0 Å². The number of nitrogens with zero attached hydrogens (tertiary/aromatic N) is 1. The first-order valence-electron chi connectivity index (χ1n) is 5.98. The van der Waals surface area contributed by atoms with E-state index >= 15 is 0 Å². The summed E-state index contributed by atoms with van der Waals surface area (Å²) in [4.78, 5) is 13.5. The fraction of sp³-hybridized carbons (Fsp3) is 0.909. The molecule has 1 saturated carbocycles. The maximum absolute atomic E-state index is 11.7. The molecule has 0 aromatic carbocycles. The van der Waals surface area contributed by atoms with Crippen LogP contribution in [0, 0.1) is 0 Å². The molecule has 2 aliphatic rings. The van der Waals surface area contributed by atoms with E-state index in [9.17, 15) is 4.79 Å². The normalized spacial score (nSPS) is 31.7. The third kappa shape index (κ3) is 2.62. The van der Waals surface area contributed by atoms with E-state index in [1.807, 2.05) is 0 Å². The number of nitrogens with two attached hydrogens (primary N) is 1. The van der Waals surface area contributed by atoms with Crippen LogP contribution >= 0.6 is 0 Å².